The molecule has 0 atom stereocenters. The maximum atomic E-state index is 15.0. The topological polar surface area (TPSA) is 9.23 Å². The van der Waals surface area contributed by atoms with Crippen molar-refractivity contribution in [2.45, 2.75) is 87.9 Å². The van der Waals surface area contributed by atoms with Gasteiger partial charge in [0.25, 0.3) is 0 Å². The van der Waals surface area contributed by atoms with Crippen molar-refractivity contribution in [3.8, 4) is 11.5 Å². The smallest absolute Gasteiger partial charge is 0.380 e. The fraction of sp³-hybridized carbons (Fsp3) is 0.368. The summed E-state index contributed by atoms with van der Waals surface area (Å²) in [6.45, 7) is 3.65. The van der Waals surface area contributed by atoms with Gasteiger partial charge >= 0.3 is 35.5 Å². The Morgan fingerprint density at radius 3 is 1.04 bits per heavy atom. The Kier molecular flexibility index (Phi) is 11.5. The largest absolute Gasteiger partial charge is 0.457 e. The number of alkyl halides is 12. The summed E-state index contributed by atoms with van der Waals surface area (Å²) in [6, 6.07) is 12.3. The molecule has 0 aliphatic rings. The molecule has 0 radical (unpaired) electrons. The van der Waals surface area contributed by atoms with Crippen LogP contribution in [0.25, 0.3) is 0 Å². The van der Waals surface area contributed by atoms with Crippen LogP contribution in [0.2, 0.25) is 0 Å². The highest BCUT2D eigenvalue weighted by Crippen LogP contribution is 2.57. The van der Waals surface area contributed by atoms with E-state index in [9.17, 15) is 35.1 Å². The Morgan fingerprint density at radius 1 is 0.412 bits per heavy atom. The van der Waals surface area contributed by atoms with Gasteiger partial charge < -0.3 is 4.74 Å². The monoisotopic (exact) mass is 734 g/mol. The minimum atomic E-state index is -5.89. The van der Waals surface area contributed by atoms with Gasteiger partial charge in [-0.15, -0.1) is 0 Å². The Hall–Kier alpha value is -4.16. The summed E-state index contributed by atoms with van der Waals surface area (Å²) in [7, 11) is 0. The molecule has 0 aromatic heterocycles. The van der Waals surface area contributed by atoms with Crippen LogP contribution in [0.3, 0.4) is 0 Å². The van der Waals surface area contributed by atoms with E-state index in [0.717, 1.165) is 24.3 Å². The maximum absolute atomic E-state index is 15.0. The van der Waals surface area contributed by atoms with Crippen LogP contribution in [0.1, 0.15) is 72.9 Å². The lowest BCUT2D eigenvalue weighted by atomic mass is 9.91. The molecule has 0 N–H and O–H groups in total. The third-order valence-electron chi connectivity index (χ3n) is 8.46. The van der Waals surface area contributed by atoms with Crippen molar-refractivity contribution in [3.63, 3.8) is 0 Å². The van der Waals surface area contributed by atoms with Crippen molar-refractivity contribution in [1.29, 1.82) is 0 Å². The molecule has 1 nitrogen and oxygen atoms in total. The number of hydrogen-bond acceptors (Lipinski definition) is 1. The van der Waals surface area contributed by atoms with Gasteiger partial charge in [0.1, 0.15) is 11.5 Å². The van der Waals surface area contributed by atoms with Gasteiger partial charge in [0, 0.05) is 22.3 Å². The first-order valence-corrected chi connectivity index (χ1v) is 16.1. The van der Waals surface area contributed by atoms with Crippen LogP contribution in [0.4, 0.5) is 52.7 Å². The highest BCUT2D eigenvalue weighted by Gasteiger charge is 2.73. The number of rotatable bonds is 16. The Morgan fingerprint density at radius 2 is 0.725 bits per heavy atom. The van der Waals surface area contributed by atoms with Crippen LogP contribution in [0, 0.1) is 0 Å². The molecule has 0 fully saturated rings. The van der Waals surface area contributed by atoms with Crippen LogP contribution in [0.5, 0.6) is 11.5 Å². The summed E-state index contributed by atoms with van der Waals surface area (Å²) < 4.78 is 185. The lowest BCUT2D eigenvalue weighted by Crippen LogP contribution is -2.50. The van der Waals surface area contributed by atoms with Crippen molar-refractivity contribution in [1.82, 2.24) is 0 Å². The van der Waals surface area contributed by atoms with Crippen LogP contribution >= 0.6 is 0 Å². The highest BCUT2D eigenvalue weighted by molar-refractivity contribution is 5.39. The molecule has 0 aliphatic carbocycles. The number of halogens is 12. The van der Waals surface area contributed by atoms with E-state index in [0.29, 0.717) is 86.3 Å². The first-order chi connectivity index (χ1) is 23.7. The van der Waals surface area contributed by atoms with Crippen molar-refractivity contribution in [2.75, 3.05) is 0 Å². The third-order valence-corrected chi connectivity index (χ3v) is 8.46. The second kappa shape index (κ2) is 14.8. The van der Waals surface area contributed by atoms with Crippen LogP contribution in [-0.2, 0) is 36.5 Å². The predicted molar refractivity (Wildman–Crippen MR) is 169 cm³/mol. The minimum Gasteiger partial charge on any atom is -0.457 e. The lowest BCUT2D eigenvalue weighted by molar-refractivity contribution is -0.321. The van der Waals surface area contributed by atoms with Gasteiger partial charge in [-0.25, -0.2) is 0 Å². The number of aryl methyl sites for hydroxylation is 2. The van der Waals surface area contributed by atoms with Crippen molar-refractivity contribution >= 4 is 0 Å². The molecule has 276 valence electrons. The molecule has 4 rings (SSSR count). The molecule has 4 aromatic rings. The predicted octanol–water partition coefficient (Wildman–Crippen LogP) is 13.2. The SMILES string of the molecule is CCCCc1cccc(C(F)(F)C(F)(F)C(F)(F)c2ccc(Oc3ccc(C(F)(F)C(F)(F)C(F)(F)c4cccc(CCCC)c4)cc3)cc2)c1. The van der Waals surface area contributed by atoms with E-state index in [1.54, 1.807) is 0 Å². The summed E-state index contributed by atoms with van der Waals surface area (Å²) in [6.07, 6.45) is 3.07. The molecule has 51 heavy (non-hydrogen) atoms. The Balaban J connectivity index is 1.51. The normalized spacial score (nSPS) is 13.4. The lowest BCUT2D eigenvalue weighted by Gasteiger charge is -2.33. The molecule has 0 aliphatic heterocycles. The average molecular weight is 735 g/mol. The minimum absolute atomic E-state index is 0.279. The fourth-order valence-electron chi connectivity index (χ4n) is 5.33. The molecule has 0 spiro atoms. The van der Waals surface area contributed by atoms with Gasteiger partial charge in [-0.3, -0.25) is 0 Å². The molecule has 0 saturated carbocycles. The zero-order chi connectivity index (χ0) is 37.9. The highest BCUT2D eigenvalue weighted by atomic mass is 19.4. The second-order valence-corrected chi connectivity index (χ2v) is 12.2. The van der Waals surface area contributed by atoms with E-state index in [4.69, 9.17) is 4.74 Å². The second-order valence-electron chi connectivity index (χ2n) is 12.2. The summed E-state index contributed by atoms with van der Waals surface area (Å²) in [4.78, 5) is 0. The van der Waals surface area contributed by atoms with E-state index in [1.807, 2.05) is 13.8 Å². The molecule has 0 amide bonds. The third kappa shape index (κ3) is 7.58. The van der Waals surface area contributed by atoms with Gasteiger partial charge in [0.05, 0.1) is 0 Å². The molecule has 0 saturated heterocycles. The van der Waals surface area contributed by atoms with Gasteiger partial charge in [0.2, 0.25) is 0 Å². The summed E-state index contributed by atoms with van der Waals surface area (Å²) >= 11 is 0. The Bertz CT molecular complexity index is 1620. The zero-order valence-corrected chi connectivity index (χ0v) is 27.4. The van der Waals surface area contributed by atoms with E-state index in [-0.39, 0.29) is 35.5 Å². The number of ether oxygens (including phenoxy) is 1. The fourth-order valence-corrected chi connectivity index (χ4v) is 5.33. The van der Waals surface area contributed by atoms with E-state index >= 15 is 17.6 Å². The number of benzene rings is 4. The van der Waals surface area contributed by atoms with E-state index < -0.39 is 57.8 Å². The van der Waals surface area contributed by atoms with Crippen LogP contribution in [0.15, 0.2) is 97.1 Å². The summed E-state index contributed by atoms with van der Waals surface area (Å²) in [5, 5.41) is 0. The number of hydrogen-bond donors (Lipinski definition) is 0. The molecule has 0 bridgehead atoms. The van der Waals surface area contributed by atoms with Crippen molar-refractivity contribution in [3.05, 3.63) is 130 Å². The average Bonchev–Trinajstić information content (AvgIpc) is 3.10. The van der Waals surface area contributed by atoms with E-state index in [1.165, 1.54) is 12.1 Å². The molecular weight excluding hydrogens is 700 g/mol. The maximum Gasteiger partial charge on any atom is 0.380 e. The first kappa shape index (κ1) is 39.6. The van der Waals surface area contributed by atoms with Crippen LogP contribution < -0.4 is 4.74 Å². The molecular formula is C38H34F12O. The molecule has 4 aromatic carbocycles. The molecule has 0 heterocycles. The number of unbranched alkanes of at least 4 members (excludes halogenated alkanes) is 2. The van der Waals surface area contributed by atoms with Crippen LogP contribution in [-0.4, -0.2) is 11.8 Å². The standard InChI is InChI=1S/C38H34F12O/c1-3-5-9-25-11-7-13-29(23-25)35(43,44)37(47,48)33(39,40)27-15-19-31(20-16-27)51-32-21-17-28(18-22-32)34(41,42)38(49,50)36(45,46)30-14-8-12-26(24-30)10-6-4-2/h7-8,11-24H,3-6,9-10H2,1-2H3. The van der Waals surface area contributed by atoms with Gasteiger partial charge in [0.15, 0.2) is 0 Å². The molecule has 0 unspecified atom stereocenters. The van der Waals surface area contributed by atoms with E-state index in [2.05, 4.69) is 0 Å². The Labute approximate surface area is 287 Å². The first-order valence-electron chi connectivity index (χ1n) is 16.1. The zero-order valence-electron chi connectivity index (χ0n) is 27.4. The van der Waals surface area contributed by atoms with Crippen molar-refractivity contribution < 1.29 is 57.4 Å². The quantitative estimate of drug-likeness (QED) is 0.104. The van der Waals surface area contributed by atoms with Gasteiger partial charge in [-0.05, 0) is 97.5 Å². The molecule has 13 heteroatoms. The van der Waals surface area contributed by atoms with Crippen molar-refractivity contribution in [2.24, 2.45) is 0 Å². The van der Waals surface area contributed by atoms with Gasteiger partial charge in [-0.2, -0.15) is 52.7 Å². The van der Waals surface area contributed by atoms with Gasteiger partial charge in [-0.1, -0.05) is 63.1 Å². The summed E-state index contributed by atoms with van der Waals surface area (Å²) in [5.41, 5.74) is -4.99. The summed E-state index contributed by atoms with van der Waals surface area (Å²) in [5.74, 6) is -33.8.